The molecule has 2 aromatic carbocycles. The third kappa shape index (κ3) is 6.05. The van der Waals surface area contributed by atoms with Crippen LogP contribution in [0.25, 0.3) is 0 Å². The van der Waals surface area contributed by atoms with Crippen molar-refractivity contribution in [3.05, 3.63) is 53.6 Å². The zero-order valence-corrected chi connectivity index (χ0v) is 21.0. The van der Waals surface area contributed by atoms with Crippen LogP contribution in [0.4, 0.5) is 5.69 Å². The van der Waals surface area contributed by atoms with Gasteiger partial charge < -0.3 is 5.32 Å². The lowest BCUT2D eigenvalue weighted by molar-refractivity contribution is -0.116. The predicted octanol–water partition coefficient (Wildman–Crippen LogP) is 2.49. The van der Waals surface area contributed by atoms with Crippen LogP contribution in [0.5, 0.6) is 0 Å². The predicted molar refractivity (Wildman–Crippen MR) is 126 cm³/mol. The van der Waals surface area contributed by atoms with E-state index in [9.17, 15) is 26.4 Å². The molecule has 0 heterocycles. The Balaban J connectivity index is 2.20. The van der Waals surface area contributed by atoms with E-state index in [0.717, 1.165) is 4.31 Å². The van der Waals surface area contributed by atoms with E-state index in [1.54, 1.807) is 26.8 Å². The van der Waals surface area contributed by atoms with Crippen LogP contribution < -0.4 is 5.32 Å². The summed E-state index contributed by atoms with van der Waals surface area (Å²) in [5.74, 6) is -0.811. The van der Waals surface area contributed by atoms with Gasteiger partial charge in [0, 0.05) is 31.4 Å². The maximum atomic E-state index is 12.8. The highest BCUT2D eigenvalue weighted by Crippen LogP contribution is 2.23. The fraction of sp³-hybridized carbons (Fsp3) is 0.364. The Morgan fingerprint density at radius 1 is 0.879 bits per heavy atom. The molecule has 0 fully saturated rings. The van der Waals surface area contributed by atoms with Gasteiger partial charge in [0.2, 0.25) is 26.0 Å². The van der Waals surface area contributed by atoms with Crippen molar-refractivity contribution in [1.82, 2.24) is 8.61 Å². The van der Waals surface area contributed by atoms with Crippen LogP contribution in [0.2, 0.25) is 0 Å². The molecule has 0 unspecified atom stereocenters. The number of nitrogens with one attached hydrogen (secondary N) is 1. The third-order valence-electron chi connectivity index (χ3n) is 5.16. The first-order valence-corrected chi connectivity index (χ1v) is 13.2. The number of likely N-dealkylation sites (N-methyl/N-ethyl adjacent to an activating group) is 1. The largest absolute Gasteiger partial charge is 0.325 e. The fourth-order valence-electron chi connectivity index (χ4n) is 3.13. The normalized spacial score (nSPS) is 12.2. The second-order valence-electron chi connectivity index (χ2n) is 7.46. The Bertz CT molecular complexity index is 1240. The molecule has 0 radical (unpaired) electrons. The van der Waals surface area contributed by atoms with Crippen molar-refractivity contribution < 1.29 is 26.4 Å². The van der Waals surface area contributed by atoms with Gasteiger partial charge in [-0.3, -0.25) is 9.59 Å². The lowest BCUT2D eigenvalue weighted by Gasteiger charge is -2.20. The molecule has 33 heavy (non-hydrogen) atoms. The molecular formula is C22H29N3O6S2. The number of Topliss-reactive ketones (excluding diaryl/α,β-unsaturated/α-hetero) is 1. The van der Waals surface area contributed by atoms with Crippen molar-refractivity contribution in [2.75, 3.05) is 32.0 Å². The summed E-state index contributed by atoms with van der Waals surface area (Å²) in [6.07, 6.45) is 0. The van der Waals surface area contributed by atoms with Gasteiger partial charge in [-0.1, -0.05) is 32.0 Å². The van der Waals surface area contributed by atoms with E-state index in [2.05, 4.69) is 5.32 Å². The van der Waals surface area contributed by atoms with Crippen molar-refractivity contribution in [2.24, 2.45) is 0 Å². The van der Waals surface area contributed by atoms with Crippen molar-refractivity contribution in [3.8, 4) is 0 Å². The molecule has 1 amide bonds. The minimum atomic E-state index is -3.97. The van der Waals surface area contributed by atoms with Crippen LogP contribution in [-0.2, 0) is 24.8 Å². The zero-order valence-electron chi connectivity index (χ0n) is 19.3. The van der Waals surface area contributed by atoms with Crippen LogP contribution in [0.1, 0.15) is 36.7 Å². The molecule has 180 valence electrons. The van der Waals surface area contributed by atoms with Gasteiger partial charge >= 0.3 is 0 Å². The van der Waals surface area contributed by atoms with Crippen molar-refractivity contribution in [1.29, 1.82) is 0 Å². The van der Waals surface area contributed by atoms with Crippen LogP contribution in [0.3, 0.4) is 0 Å². The highest BCUT2D eigenvalue weighted by atomic mass is 32.2. The molecule has 0 aromatic heterocycles. The summed E-state index contributed by atoms with van der Waals surface area (Å²) in [5, 5.41) is 2.60. The first-order chi connectivity index (χ1) is 15.3. The smallest absolute Gasteiger partial charge is 0.243 e. The van der Waals surface area contributed by atoms with Gasteiger partial charge in [-0.25, -0.2) is 16.8 Å². The number of carbonyl (C=O) groups is 2. The van der Waals surface area contributed by atoms with E-state index in [4.69, 9.17) is 0 Å². The minimum Gasteiger partial charge on any atom is -0.325 e. The van der Waals surface area contributed by atoms with Crippen LogP contribution >= 0.6 is 0 Å². The van der Waals surface area contributed by atoms with Crippen LogP contribution in [-0.4, -0.2) is 63.8 Å². The first kappa shape index (κ1) is 26.7. The summed E-state index contributed by atoms with van der Waals surface area (Å²) >= 11 is 0. The Hall–Kier alpha value is -2.60. The average molecular weight is 496 g/mol. The van der Waals surface area contributed by atoms with Gasteiger partial charge in [-0.15, -0.1) is 0 Å². The van der Waals surface area contributed by atoms with Gasteiger partial charge in [0.1, 0.15) is 0 Å². The molecule has 0 aliphatic heterocycles. The van der Waals surface area contributed by atoms with E-state index in [1.807, 2.05) is 0 Å². The lowest BCUT2D eigenvalue weighted by Crippen LogP contribution is -2.35. The van der Waals surface area contributed by atoms with E-state index >= 15 is 0 Å². The van der Waals surface area contributed by atoms with Crippen LogP contribution in [0.15, 0.2) is 52.3 Å². The number of anilines is 1. The number of rotatable bonds is 10. The molecule has 9 nitrogen and oxygen atoms in total. The second-order valence-corrected chi connectivity index (χ2v) is 11.4. The van der Waals surface area contributed by atoms with Gasteiger partial charge in [0.05, 0.1) is 16.3 Å². The molecule has 0 aliphatic rings. The molecule has 0 aliphatic carbocycles. The summed E-state index contributed by atoms with van der Waals surface area (Å²) < 4.78 is 53.3. The maximum absolute atomic E-state index is 12.8. The monoisotopic (exact) mass is 495 g/mol. The second kappa shape index (κ2) is 10.6. The lowest BCUT2D eigenvalue weighted by atomic mass is 10.2. The Kier molecular flexibility index (Phi) is 8.52. The van der Waals surface area contributed by atoms with E-state index in [-0.39, 0.29) is 21.3 Å². The van der Waals surface area contributed by atoms with Gasteiger partial charge in [0.15, 0.2) is 5.78 Å². The number of ketones is 1. The highest BCUT2D eigenvalue weighted by molar-refractivity contribution is 7.89. The number of amides is 1. The number of carbonyl (C=O) groups excluding carboxylic acids is 2. The Morgan fingerprint density at radius 2 is 1.42 bits per heavy atom. The molecule has 0 saturated carbocycles. The molecule has 2 rings (SSSR count). The van der Waals surface area contributed by atoms with E-state index in [1.165, 1.54) is 54.7 Å². The van der Waals surface area contributed by atoms with Crippen LogP contribution in [0, 0.1) is 6.92 Å². The SMILES string of the molecule is CCN(CC)S(=O)(=O)c1ccc(C)c(NC(=O)CN(C)S(=O)(=O)c2ccc(C(C)=O)cc2)c1. The zero-order chi connectivity index (χ0) is 25.0. The highest BCUT2D eigenvalue weighted by Gasteiger charge is 2.25. The molecule has 0 saturated heterocycles. The number of benzene rings is 2. The summed E-state index contributed by atoms with van der Waals surface area (Å²) in [4.78, 5) is 24.0. The Morgan fingerprint density at radius 3 is 1.94 bits per heavy atom. The molecule has 11 heteroatoms. The summed E-state index contributed by atoms with van der Waals surface area (Å²) in [5.41, 5.74) is 1.29. The third-order valence-corrected chi connectivity index (χ3v) is 9.03. The molecule has 0 spiro atoms. The Labute approximate surface area is 195 Å². The van der Waals surface area contributed by atoms with E-state index < -0.39 is 32.5 Å². The number of nitrogens with zero attached hydrogens (tertiary/aromatic N) is 2. The van der Waals surface area contributed by atoms with E-state index in [0.29, 0.717) is 24.2 Å². The van der Waals surface area contributed by atoms with Crippen molar-refractivity contribution in [3.63, 3.8) is 0 Å². The molecule has 0 bridgehead atoms. The topological polar surface area (TPSA) is 121 Å². The number of aryl methyl sites for hydroxylation is 1. The standard InChI is InChI=1S/C22H29N3O6S2/c1-6-25(7-2)33(30,31)20-11-8-16(3)21(14-20)23-22(27)15-24(5)32(28,29)19-12-9-18(10-13-19)17(4)26/h8-14H,6-7,15H2,1-5H3,(H,23,27). The molecule has 2 aromatic rings. The maximum Gasteiger partial charge on any atom is 0.243 e. The van der Waals surface area contributed by atoms with Gasteiger partial charge in [-0.05, 0) is 43.7 Å². The number of hydrogen-bond donors (Lipinski definition) is 1. The summed E-state index contributed by atoms with van der Waals surface area (Å²) in [6.45, 7) is 6.70. The van der Waals surface area contributed by atoms with Crippen molar-refractivity contribution in [2.45, 2.75) is 37.5 Å². The fourth-order valence-corrected chi connectivity index (χ4v) is 5.74. The van der Waals surface area contributed by atoms with Gasteiger partial charge in [0.25, 0.3) is 0 Å². The number of hydrogen-bond acceptors (Lipinski definition) is 6. The summed E-state index contributed by atoms with van der Waals surface area (Å²) in [6, 6.07) is 9.87. The quantitative estimate of drug-likeness (QED) is 0.506. The van der Waals surface area contributed by atoms with Crippen molar-refractivity contribution >= 4 is 37.4 Å². The first-order valence-electron chi connectivity index (χ1n) is 10.3. The average Bonchev–Trinajstić information content (AvgIpc) is 2.75. The van der Waals surface area contributed by atoms with Gasteiger partial charge in [-0.2, -0.15) is 8.61 Å². The number of sulfonamides is 2. The molecular weight excluding hydrogens is 466 g/mol. The summed E-state index contributed by atoms with van der Waals surface area (Å²) in [7, 11) is -6.42. The minimum absolute atomic E-state index is 0.0404. The molecule has 0 atom stereocenters. The molecule has 1 N–H and O–H groups in total.